The Morgan fingerprint density at radius 2 is 0.667 bits per heavy atom. The van der Waals surface area contributed by atoms with Crippen molar-refractivity contribution in [2.75, 3.05) is 0 Å². The Morgan fingerprint density at radius 3 is 0.667 bits per heavy atom. The zero-order valence-corrected chi connectivity index (χ0v) is 6.90. The van der Waals surface area contributed by atoms with Gasteiger partial charge >= 0.3 is 20.8 Å². The van der Waals surface area contributed by atoms with Gasteiger partial charge in [0.05, 0.1) is 0 Å². The van der Waals surface area contributed by atoms with Crippen LogP contribution in [0.2, 0.25) is 0 Å². The number of hydrogen-bond acceptors (Lipinski definition) is 6. The minimum absolute atomic E-state index is 3.50. The van der Waals surface area contributed by atoms with Crippen LogP contribution in [-0.2, 0) is 20.8 Å². The van der Waals surface area contributed by atoms with Crippen LogP contribution >= 0.6 is 0 Å². The van der Waals surface area contributed by atoms with Gasteiger partial charge in [-0.15, -0.1) is 0 Å². The fourth-order valence-corrected chi connectivity index (χ4v) is 0. The predicted molar refractivity (Wildman–Crippen MR) is 34.3 cm³/mol. The smallest absolute Gasteiger partial charge is 0.320 e. The maximum atomic E-state index is 8.74. The highest BCUT2D eigenvalue weighted by molar-refractivity contribution is 7.80. The lowest BCUT2D eigenvalue weighted by Crippen LogP contribution is -1.89. The summed E-state index contributed by atoms with van der Waals surface area (Å²) >= 11 is 0. The monoisotopic (exact) mass is 229 g/mol. The summed E-state index contributed by atoms with van der Waals surface area (Å²) in [6, 6.07) is 0. The first kappa shape index (κ1) is 17.7. The molecule has 0 saturated heterocycles. The molecule has 0 aliphatic rings. The summed E-state index contributed by atoms with van der Waals surface area (Å²) in [4.78, 5) is 0. The molecule has 0 spiro atoms. The highest BCUT2D eigenvalue weighted by atomic mass is 32.3. The fourth-order valence-electron chi connectivity index (χ4n) is 0. The van der Waals surface area contributed by atoms with Gasteiger partial charge in [0, 0.05) is 0 Å². The van der Waals surface area contributed by atoms with E-state index in [9.17, 15) is 0 Å². The van der Waals surface area contributed by atoms with Gasteiger partial charge < -0.3 is 5.21 Å². The first-order valence-electron chi connectivity index (χ1n) is 1.66. The molecule has 0 heterocycles. The second-order valence-electron chi connectivity index (χ2n) is 0.896. The molecule has 0 fully saturated rings. The van der Waals surface area contributed by atoms with Crippen molar-refractivity contribution in [1.29, 1.82) is 0 Å². The molecule has 10 nitrogen and oxygen atoms in total. The largest absolute Gasteiger partial charge is 0.394 e. The molecule has 0 aromatic heterocycles. The van der Waals surface area contributed by atoms with E-state index in [0.717, 1.165) is 0 Å². The summed E-state index contributed by atoms with van der Waals surface area (Å²) in [5.41, 5.74) is 0. The van der Waals surface area contributed by atoms with Crippen molar-refractivity contribution in [3.63, 3.8) is 0 Å². The molecule has 0 atom stereocenters. The van der Waals surface area contributed by atoms with E-state index in [1.807, 2.05) is 0 Å². The van der Waals surface area contributed by atoms with E-state index in [2.05, 4.69) is 5.90 Å². The van der Waals surface area contributed by atoms with Crippen LogP contribution < -0.4 is 5.90 Å². The van der Waals surface area contributed by atoms with Gasteiger partial charge in [-0.2, -0.15) is 16.8 Å². The van der Waals surface area contributed by atoms with Gasteiger partial charge in [0.25, 0.3) is 0 Å². The summed E-state index contributed by atoms with van der Waals surface area (Å²) in [7, 11) is -9.33. The van der Waals surface area contributed by atoms with Crippen LogP contribution in [0.3, 0.4) is 0 Å². The molecule has 7 N–H and O–H groups in total. The van der Waals surface area contributed by atoms with Crippen LogP contribution in [0.5, 0.6) is 0 Å². The Balaban J connectivity index is -0.000000112. The molecule has 78 valence electrons. The van der Waals surface area contributed by atoms with Crippen molar-refractivity contribution in [3.8, 4) is 0 Å². The SMILES string of the molecule is NO.O=S(=O)(O)O.O=S(=O)(O)O. The molecule has 0 rings (SSSR count). The number of nitrogens with two attached hydrogens (primary N) is 1. The summed E-state index contributed by atoms with van der Waals surface area (Å²) in [6.45, 7) is 0. The molecule has 12 heteroatoms. The Kier molecular flexibility index (Phi) is 10.8. The van der Waals surface area contributed by atoms with Crippen LogP contribution in [0.4, 0.5) is 0 Å². The third-order valence-corrected chi connectivity index (χ3v) is 0. The normalized spacial score (nSPS) is 10.2. The number of hydrogen-bond donors (Lipinski definition) is 6. The summed E-state index contributed by atoms with van der Waals surface area (Å²) in [5, 5.41) is 6.50. The minimum Gasteiger partial charge on any atom is -0.320 e. The van der Waals surface area contributed by atoms with Gasteiger partial charge in [-0.1, -0.05) is 0 Å². The third-order valence-electron chi connectivity index (χ3n) is 0. The fraction of sp³-hybridized carbons (Fsp3) is 0. The summed E-state index contributed by atoms with van der Waals surface area (Å²) in [6.07, 6.45) is 0. The van der Waals surface area contributed by atoms with Gasteiger partial charge in [0.2, 0.25) is 0 Å². The van der Waals surface area contributed by atoms with E-state index in [0.29, 0.717) is 0 Å². The van der Waals surface area contributed by atoms with Crippen molar-refractivity contribution in [3.05, 3.63) is 0 Å². The average molecular weight is 229 g/mol. The molecule has 0 aliphatic heterocycles. The molecule has 0 aromatic carbocycles. The molecule has 0 aromatic rings. The molecule has 0 saturated carbocycles. The van der Waals surface area contributed by atoms with Crippen molar-refractivity contribution >= 4 is 20.8 Å². The average Bonchev–Trinajstić information content (AvgIpc) is 1.59. The molecule has 0 radical (unpaired) electrons. The van der Waals surface area contributed by atoms with Gasteiger partial charge in [-0.3, -0.25) is 18.2 Å². The maximum Gasteiger partial charge on any atom is 0.394 e. The highest BCUT2D eigenvalue weighted by Gasteiger charge is 1.85. The zero-order valence-electron chi connectivity index (χ0n) is 5.26. The second-order valence-corrected chi connectivity index (χ2v) is 2.69. The van der Waals surface area contributed by atoms with E-state index in [1.54, 1.807) is 0 Å². The van der Waals surface area contributed by atoms with Gasteiger partial charge in [-0.05, 0) is 0 Å². The first-order valence-corrected chi connectivity index (χ1v) is 4.45. The molecular formula is H7NO9S2. The lowest BCUT2D eigenvalue weighted by molar-refractivity contribution is 0.311. The molecule has 0 amide bonds. The van der Waals surface area contributed by atoms with Gasteiger partial charge in [0.15, 0.2) is 0 Å². The quantitative estimate of drug-likeness (QED) is 0.200. The Labute approximate surface area is 67.7 Å². The van der Waals surface area contributed by atoms with E-state index in [1.165, 1.54) is 0 Å². The number of rotatable bonds is 0. The summed E-state index contributed by atoms with van der Waals surface area (Å²) in [5.74, 6) is 3.50. The Morgan fingerprint density at radius 1 is 0.667 bits per heavy atom. The first-order chi connectivity index (χ1) is 5.00. The van der Waals surface area contributed by atoms with Gasteiger partial charge in [0.1, 0.15) is 0 Å². The molecule has 0 aliphatic carbocycles. The topological polar surface area (TPSA) is 195 Å². The van der Waals surface area contributed by atoms with E-state index in [4.69, 9.17) is 40.3 Å². The molecular weight excluding hydrogens is 222 g/mol. The van der Waals surface area contributed by atoms with Crippen LogP contribution in [-0.4, -0.2) is 40.3 Å². The third kappa shape index (κ3) is 6270. The zero-order chi connectivity index (χ0) is 11.0. The van der Waals surface area contributed by atoms with E-state index < -0.39 is 20.8 Å². The van der Waals surface area contributed by atoms with Crippen molar-refractivity contribution in [2.24, 2.45) is 5.90 Å². The van der Waals surface area contributed by atoms with Crippen molar-refractivity contribution < 1.29 is 40.3 Å². The van der Waals surface area contributed by atoms with Gasteiger partial charge in [-0.25, -0.2) is 5.90 Å². The minimum atomic E-state index is -4.67. The summed E-state index contributed by atoms with van der Waals surface area (Å²) < 4.78 is 63.2. The van der Waals surface area contributed by atoms with Crippen molar-refractivity contribution in [2.45, 2.75) is 0 Å². The maximum absolute atomic E-state index is 8.74. The van der Waals surface area contributed by atoms with E-state index >= 15 is 0 Å². The lowest BCUT2D eigenvalue weighted by atomic mass is 13.6. The van der Waals surface area contributed by atoms with Crippen molar-refractivity contribution in [1.82, 2.24) is 0 Å². The Bertz CT molecular complexity index is 209. The molecule has 12 heavy (non-hydrogen) atoms. The molecule has 0 bridgehead atoms. The van der Waals surface area contributed by atoms with E-state index in [-0.39, 0.29) is 0 Å². The predicted octanol–water partition coefficient (Wildman–Crippen LogP) is -1.97. The highest BCUT2D eigenvalue weighted by Crippen LogP contribution is 1.59. The lowest BCUT2D eigenvalue weighted by Gasteiger charge is -1.68. The van der Waals surface area contributed by atoms with Crippen LogP contribution in [0.25, 0.3) is 0 Å². The second kappa shape index (κ2) is 7.32. The van der Waals surface area contributed by atoms with Crippen LogP contribution in [0.1, 0.15) is 0 Å². The standard InChI is InChI=1S/H3NO.2H2O4S/c1-2;2*1-5(2,3)4/h2H,1H2;2*(H2,1,2,3,4). The van der Waals surface area contributed by atoms with Crippen LogP contribution in [0.15, 0.2) is 0 Å². The Hall–Kier alpha value is -0.340. The van der Waals surface area contributed by atoms with Crippen LogP contribution in [0, 0.1) is 0 Å². The molecule has 0 unspecified atom stereocenters.